The summed E-state index contributed by atoms with van der Waals surface area (Å²) in [6, 6.07) is 0. The number of Topliss-reactive ketones (excluding diaryl/α,β-unsaturated/α-hetero) is 1. The van der Waals surface area contributed by atoms with E-state index in [1.807, 2.05) is 0 Å². The number of carbonyl (C=O) groups excluding carboxylic acids is 2. The minimum Gasteiger partial charge on any atom is -0.394 e. The molecule has 0 aliphatic carbocycles. The fourth-order valence-electron chi connectivity index (χ4n) is 2.01. The lowest BCUT2D eigenvalue weighted by atomic mass is 10.1. The zero-order valence-corrected chi connectivity index (χ0v) is 9.75. The quantitative estimate of drug-likeness (QED) is 0.628. The topological polar surface area (TPSA) is 87.1 Å². The van der Waals surface area contributed by atoms with Gasteiger partial charge in [0.1, 0.15) is 12.2 Å². The summed E-state index contributed by atoms with van der Waals surface area (Å²) in [7, 11) is 0. The van der Waals surface area contributed by atoms with E-state index in [9.17, 15) is 19.1 Å². The predicted octanol–water partition coefficient (Wildman–Crippen LogP) is -0.892. The molecular weight excluding hydrogens is 245 g/mol. The van der Waals surface area contributed by atoms with Crippen molar-refractivity contribution in [2.24, 2.45) is 0 Å². The average Bonchev–Trinajstić information content (AvgIpc) is 2.61. The number of amides is 1. The van der Waals surface area contributed by atoms with E-state index in [0.717, 1.165) is 4.90 Å². The minimum atomic E-state index is -1.82. The maximum absolute atomic E-state index is 13.8. The summed E-state index contributed by atoms with van der Waals surface area (Å²) in [5.41, 5.74) is 0.326. The summed E-state index contributed by atoms with van der Waals surface area (Å²) in [5, 5.41) is 18.4. The molecule has 0 spiro atoms. The molecule has 0 aromatic carbocycles. The molecule has 0 unspecified atom stereocenters. The highest BCUT2D eigenvalue weighted by atomic mass is 19.1. The van der Waals surface area contributed by atoms with E-state index in [2.05, 4.69) is 0 Å². The van der Waals surface area contributed by atoms with E-state index >= 15 is 0 Å². The lowest BCUT2D eigenvalue weighted by Gasteiger charge is -2.29. The Morgan fingerprint density at radius 3 is 2.78 bits per heavy atom. The summed E-state index contributed by atoms with van der Waals surface area (Å²) in [5.74, 6) is -0.895. The summed E-state index contributed by atoms with van der Waals surface area (Å²) in [4.78, 5) is 23.9. The van der Waals surface area contributed by atoms with Crippen LogP contribution in [0.25, 0.3) is 0 Å². The van der Waals surface area contributed by atoms with Crippen LogP contribution in [0.4, 0.5) is 4.39 Å². The molecular formula is C11H14FNO5. The minimum absolute atomic E-state index is 0.316. The van der Waals surface area contributed by atoms with Crippen LogP contribution in [0.15, 0.2) is 11.8 Å². The van der Waals surface area contributed by atoms with Gasteiger partial charge < -0.3 is 14.9 Å². The van der Waals surface area contributed by atoms with Gasteiger partial charge in [-0.2, -0.15) is 0 Å². The first kappa shape index (κ1) is 13.1. The Labute approximate surface area is 103 Å². The second-order valence-electron chi connectivity index (χ2n) is 4.40. The molecule has 6 nitrogen and oxygen atoms in total. The molecule has 100 valence electrons. The van der Waals surface area contributed by atoms with Gasteiger partial charge in [0.25, 0.3) is 0 Å². The van der Waals surface area contributed by atoms with Crippen LogP contribution in [0.1, 0.15) is 13.3 Å². The molecule has 0 saturated carbocycles. The van der Waals surface area contributed by atoms with E-state index in [4.69, 9.17) is 9.84 Å². The van der Waals surface area contributed by atoms with Crippen molar-refractivity contribution in [3.8, 4) is 0 Å². The van der Waals surface area contributed by atoms with E-state index in [1.54, 1.807) is 0 Å². The van der Waals surface area contributed by atoms with Crippen molar-refractivity contribution in [3.63, 3.8) is 0 Å². The number of hydrogen-bond donors (Lipinski definition) is 2. The smallest absolute Gasteiger partial charge is 0.236 e. The van der Waals surface area contributed by atoms with Crippen LogP contribution in [0.2, 0.25) is 0 Å². The standard InChI is InChI=1S/C11H14FNO5/c1-5-3-13(8(16)2-6(5)15)11-9(12)10(17)7(4-14)18-11/h3,7,9-11,14,17H,2,4H2,1H3/t7-,9-,10+,11-/m1/s1. The lowest BCUT2D eigenvalue weighted by molar-refractivity contribution is -0.146. The summed E-state index contributed by atoms with van der Waals surface area (Å²) >= 11 is 0. The van der Waals surface area contributed by atoms with E-state index < -0.39 is 37.1 Å². The number of hydrogen-bond acceptors (Lipinski definition) is 5. The van der Waals surface area contributed by atoms with Crippen LogP contribution >= 0.6 is 0 Å². The number of halogens is 1. The van der Waals surface area contributed by atoms with Gasteiger partial charge in [-0.05, 0) is 6.92 Å². The van der Waals surface area contributed by atoms with Crippen molar-refractivity contribution in [1.82, 2.24) is 4.90 Å². The first-order valence-corrected chi connectivity index (χ1v) is 5.57. The third-order valence-electron chi connectivity index (χ3n) is 3.12. The number of carbonyl (C=O) groups is 2. The van der Waals surface area contributed by atoms with Crippen molar-refractivity contribution in [3.05, 3.63) is 11.8 Å². The van der Waals surface area contributed by atoms with Gasteiger partial charge in [-0.1, -0.05) is 0 Å². The Morgan fingerprint density at radius 2 is 2.22 bits per heavy atom. The summed E-state index contributed by atoms with van der Waals surface area (Å²) in [6.07, 6.45) is -4.79. The first-order chi connectivity index (χ1) is 8.45. The van der Waals surface area contributed by atoms with Crippen LogP contribution in [0, 0.1) is 0 Å². The maximum atomic E-state index is 13.8. The van der Waals surface area contributed by atoms with Crippen molar-refractivity contribution >= 4 is 11.7 Å². The number of rotatable bonds is 2. The molecule has 1 amide bonds. The number of ether oxygens (including phenoxy) is 1. The summed E-state index contributed by atoms with van der Waals surface area (Å²) in [6.45, 7) is 0.978. The molecule has 2 heterocycles. The SMILES string of the molecule is CC1=CN([C@@H]2O[C@H](CO)[C@H](O)[C@H]2F)C(=O)CC1=O. The van der Waals surface area contributed by atoms with Crippen LogP contribution in [-0.2, 0) is 14.3 Å². The van der Waals surface area contributed by atoms with Crippen molar-refractivity contribution < 1.29 is 28.9 Å². The Balaban J connectivity index is 2.22. The average molecular weight is 259 g/mol. The molecule has 2 aliphatic heterocycles. The molecule has 1 saturated heterocycles. The second-order valence-corrected chi connectivity index (χ2v) is 4.40. The zero-order valence-electron chi connectivity index (χ0n) is 9.75. The van der Waals surface area contributed by atoms with Gasteiger partial charge in [-0.15, -0.1) is 0 Å². The molecule has 0 bridgehead atoms. The molecule has 18 heavy (non-hydrogen) atoms. The van der Waals surface area contributed by atoms with Crippen molar-refractivity contribution in [2.75, 3.05) is 6.61 Å². The molecule has 0 aromatic heterocycles. The largest absolute Gasteiger partial charge is 0.394 e. The molecule has 7 heteroatoms. The predicted molar refractivity (Wildman–Crippen MR) is 56.9 cm³/mol. The molecule has 1 fully saturated rings. The number of aliphatic hydroxyl groups is 2. The van der Waals surface area contributed by atoms with Gasteiger partial charge in [0.05, 0.1) is 13.0 Å². The first-order valence-electron chi connectivity index (χ1n) is 5.57. The third kappa shape index (κ3) is 2.05. The van der Waals surface area contributed by atoms with Crippen LogP contribution < -0.4 is 0 Å². The summed E-state index contributed by atoms with van der Waals surface area (Å²) < 4.78 is 18.9. The lowest BCUT2D eigenvalue weighted by Crippen LogP contribution is -2.45. The number of nitrogens with zero attached hydrogens (tertiary/aromatic N) is 1. The highest BCUT2D eigenvalue weighted by Gasteiger charge is 2.48. The maximum Gasteiger partial charge on any atom is 0.236 e. The molecule has 2 aliphatic rings. The van der Waals surface area contributed by atoms with Gasteiger partial charge in [-0.25, -0.2) is 4.39 Å². The zero-order chi connectivity index (χ0) is 13.4. The number of aliphatic hydroxyl groups excluding tert-OH is 2. The normalized spacial score (nSPS) is 37.1. The molecule has 2 rings (SSSR count). The Kier molecular flexibility index (Phi) is 3.47. The molecule has 2 N–H and O–H groups in total. The molecule has 0 radical (unpaired) electrons. The van der Waals surface area contributed by atoms with E-state index in [0.29, 0.717) is 5.57 Å². The second kappa shape index (κ2) is 4.75. The van der Waals surface area contributed by atoms with E-state index in [-0.39, 0.29) is 12.2 Å². The fraction of sp³-hybridized carbons (Fsp3) is 0.636. The molecule has 4 atom stereocenters. The van der Waals surface area contributed by atoms with Gasteiger partial charge in [-0.3, -0.25) is 14.5 Å². The van der Waals surface area contributed by atoms with Gasteiger partial charge >= 0.3 is 0 Å². The number of allylic oxidation sites excluding steroid dienone is 1. The van der Waals surface area contributed by atoms with Gasteiger partial charge in [0, 0.05) is 11.8 Å². The highest BCUT2D eigenvalue weighted by molar-refractivity contribution is 6.09. The van der Waals surface area contributed by atoms with Gasteiger partial charge in [0.15, 0.2) is 18.2 Å². The Bertz CT molecular complexity index is 410. The Morgan fingerprint density at radius 1 is 1.56 bits per heavy atom. The number of alkyl halides is 1. The number of ketones is 1. The van der Waals surface area contributed by atoms with Gasteiger partial charge in [0.2, 0.25) is 5.91 Å². The molecule has 0 aromatic rings. The fourth-order valence-corrected chi connectivity index (χ4v) is 2.01. The highest BCUT2D eigenvalue weighted by Crippen LogP contribution is 2.29. The van der Waals surface area contributed by atoms with Crippen LogP contribution in [0.5, 0.6) is 0 Å². The van der Waals surface area contributed by atoms with Crippen LogP contribution in [0.3, 0.4) is 0 Å². The Hall–Kier alpha value is -1.31. The van der Waals surface area contributed by atoms with Crippen molar-refractivity contribution in [1.29, 1.82) is 0 Å². The van der Waals surface area contributed by atoms with Crippen molar-refractivity contribution in [2.45, 2.75) is 38.0 Å². The van der Waals surface area contributed by atoms with Crippen LogP contribution in [-0.4, -0.2) is 58.0 Å². The van der Waals surface area contributed by atoms with E-state index in [1.165, 1.54) is 13.1 Å². The third-order valence-corrected chi connectivity index (χ3v) is 3.12. The monoisotopic (exact) mass is 259 g/mol.